The molecule has 0 amide bonds. The number of benzene rings is 2. The standard InChI is InChI=1S/C19H21NO3S2/c21-19(15-24-17-7-3-1-4-8-17)16-9-11-18(12-10-16)25(22,23)20-13-5-2-6-14-20/h1,3-4,7-12H,2,5-6,13-15H2. The van der Waals surface area contributed by atoms with Gasteiger partial charge in [0.05, 0.1) is 10.6 Å². The minimum Gasteiger partial charge on any atom is -0.293 e. The summed E-state index contributed by atoms with van der Waals surface area (Å²) < 4.78 is 26.8. The average Bonchev–Trinajstić information content (AvgIpc) is 2.68. The van der Waals surface area contributed by atoms with Crippen LogP contribution in [0.25, 0.3) is 0 Å². The van der Waals surface area contributed by atoms with Crippen molar-refractivity contribution in [1.82, 2.24) is 4.31 Å². The van der Waals surface area contributed by atoms with Crippen molar-refractivity contribution in [3.05, 3.63) is 60.2 Å². The van der Waals surface area contributed by atoms with Crippen molar-refractivity contribution in [2.75, 3.05) is 18.8 Å². The van der Waals surface area contributed by atoms with Crippen molar-refractivity contribution in [3.63, 3.8) is 0 Å². The molecule has 3 rings (SSSR count). The first-order valence-electron chi connectivity index (χ1n) is 8.39. The Hall–Kier alpha value is -1.63. The van der Waals surface area contributed by atoms with Gasteiger partial charge in [-0.05, 0) is 37.1 Å². The highest BCUT2D eigenvalue weighted by atomic mass is 32.2. The Morgan fingerprint density at radius 3 is 2.20 bits per heavy atom. The lowest BCUT2D eigenvalue weighted by Crippen LogP contribution is -2.35. The van der Waals surface area contributed by atoms with Gasteiger partial charge in [-0.3, -0.25) is 4.79 Å². The van der Waals surface area contributed by atoms with E-state index in [4.69, 9.17) is 0 Å². The van der Waals surface area contributed by atoms with Crippen LogP contribution in [-0.4, -0.2) is 37.3 Å². The molecular weight excluding hydrogens is 354 g/mol. The summed E-state index contributed by atoms with van der Waals surface area (Å²) in [5, 5.41) is 0. The zero-order chi connectivity index (χ0) is 17.7. The molecule has 2 aromatic carbocycles. The number of carbonyl (C=O) groups is 1. The molecule has 0 N–H and O–H groups in total. The molecule has 2 aromatic rings. The molecule has 0 radical (unpaired) electrons. The first kappa shape index (κ1) is 18.2. The number of ketones is 1. The Balaban J connectivity index is 1.66. The molecule has 1 fully saturated rings. The third-order valence-electron chi connectivity index (χ3n) is 4.24. The third-order valence-corrected chi connectivity index (χ3v) is 7.17. The number of hydrogen-bond acceptors (Lipinski definition) is 4. The van der Waals surface area contributed by atoms with Crippen molar-refractivity contribution < 1.29 is 13.2 Å². The van der Waals surface area contributed by atoms with E-state index in [2.05, 4.69) is 0 Å². The number of thioether (sulfide) groups is 1. The summed E-state index contributed by atoms with van der Waals surface area (Å²) in [6, 6.07) is 16.1. The van der Waals surface area contributed by atoms with Crippen molar-refractivity contribution in [3.8, 4) is 0 Å². The molecule has 1 heterocycles. The summed E-state index contributed by atoms with van der Waals surface area (Å²) in [5.41, 5.74) is 0.543. The Bertz CT molecular complexity index is 812. The van der Waals surface area contributed by atoms with E-state index in [9.17, 15) is 13.2 Å². The number of rotatable bonds is 6. The maximum atomic E-state index is 12.6. The normalized spacial score (nSPS) is 15.8. The predicted octanol–water partition coefficient (Wildman–Crippen LogP) is 3.84. The lowest BCUT2D eigenvalue weighted by molar-refractivity contribution is 0.102. The zero-order valence-electron chi connectivity index (χ0n) is 13.9. The first-order valence-corrected chi connectivity index (χ1v) is 10.8. The van der Waals surface area contributed by atoms with Crippen LogP contribution in [0.2, 0.25) is 0 Å². The van der Waals surface area contributed by atoms with E-state index in [1.165, 1.54) is 11.8 Å². The Morgan fingerprint density at radius 2 is 1.56 bits per heavy atom. The van der Waals surface area contributed by atoms with Gasteiger partial charge in [0.1, 0.15) is 0 Å². The van der Waals surface area contributed by atoms with E-state index in [1.807, 2.05) is 30.3 Å². The molecule has 0 spiro atoms. The summed E-state index contributed by atoms with van der Waals surface area (Å²) in [6.07, 6.45) is 2.90. The summed E-state index contributed by atoms with van der Waals surface area (Å²) in [7, 11) is -3.44. The van der Waals surface area contributed by atoms with Gasteiger partial charge in [0, 0.05) is 23.5 Å². The second-order valence-electron chi connectivity index (χ2n) is 6.01. The predicted molar refractivity (Wildman–Crippen MR) is 101 cm³/mol. The maximum absolute atomic E-state index is 12.6. The van der Waals surface area contributed by atoms with Gasteiger partial charge in [-0.1, -0.05) is 36.8 Å². The monoisotopic (exact) mass is 375 g/mol. The van der Waals surface area contributed by atoms with Crippen LogP contribution in [0.15, 0.2) is 64.4 Å². The minimum atomic E-state index is -3.44. The van der Waals surface area contributed by atoms with E-state index in [0.29, 0.717) is 24.4 Å². The molecule has 0 saturated carbocycles. The van der Waals surface area contributed by atoms with E-state index in [1.54, 1.807) is 28.6 Å². The summed E-state index contributed by atoms with van der Waals surface area (Å²) in [4.78, 5) is 13.6. The number of piperidine rings is 1. The molecule has 132 valence electrons. The Kier molecular flexibility index (Phi) is 5.93. The van der Waals surface area contributed by atoms with Crippen molar-refractivity contribution in [2.24, 2.45) is 0 Å². The van der Waals surface area contributed by atoms with Crippen LogP contribution in [-0.2, 0) is 10.0 Å². The zero-order valence-corrected chi connectivity index (χ0v) is 15.6. The van der Waals surface area contributed by atoms with E-state index < -0.39 is 10.0 Å². The van der Waals surface area contributed by atoms with E-state index in [-0.39, 0.29) is 10.7 Å². The van der Waals surface area contributed by atoms with Gasteiger partial charge in [-0.2, -0.15) is 4.31 Å². The molecule has 6 heteroatoms. The SMILES string of the molecule is O=C(CSc1ccccc1)c1ccc(S(=O)(=O)N2CCCCC2)cc1. The highest BCUT2D eigenvalue weighted by Gasteiger charge is 2.25. The van der Waals surface area contributed by atoms with Crippen LogP contribution in [0, 0.1) is 0 Å². The molecule has 25 heavy (non-hydrogen) atoms. The fourth-order valence-corrected chi connectivity index (χ4v) is 5.15. The second kappa shape index (κ2) is 8.17. The Morgan fingerprint density at radius 1 is 0.920 bits per heavy atom. The molecule has 0 aromatic heterocycles. The summed E-state index contributed by atoms with van der Waals surface area (Å²) in [5.74, 6) is 0.332. The van der Waals surface area contributed by atoms with Crippen LogP contribution >= 0.6 is 11.8 Å². The van der Waals surface area contributed by atoms with Crippen molar-refractivity contribution >= 4 is 27.6 Å². The van der Waals surface area contributed by atoms with Gasteiger partial charge >= 0.3 is 0 Å². The van der Waals surface area contributed by atoms with Crippen LogP contribution in [0.1, 0.15) is 29.6 Å². The smallest absolute Gasteiger partial charge is 0.243 e. The summed E-state index contributed by atoms with van der Waals surface area (Å²) in [6.45, 7) is 1.16. The maximum Gasteiger partial charge on any atom is 0.243 e. The minimum absolute atomic E-state index is 0.00391. The van der Waals surface area contributed by atoms with Gasteiger partial charge in [0.15, 0.2) is 5.78 Å². The topological polar surface area (TPSA) is 54.5 Å². The second-order valence-corrected chi connectivity index (χ2v) is 9.00. The molecule has 1 aliphatic rings. The van der Waals surface area contributed by atoms with E-state index >= 15 is 0 Å². The fourth-order valence-electron chi connectivity index (χ4n) is 2.82. The van der Waals surface area contributed by atoms with Crippen molar-refractivity contribution in [1.29, 1.82) is 0 Å². The quantitative estimate of drug-likeness (QED) is 0.569. The Labute approximate surface area is 153 Å². The molecule has 4 nitrogen and oxygen atoms in total. The largest absolute Gasteiger partial charge is 0.293 e. The van der Waals surface area contributed by atoms with E-state index in [0.717, 1.165) is 24.2 Å². The number of Topliss-reactive ketones (excluding diaryl/α,β-unsaturated/α-hetero) is 1. The van der Waals surface area contributed by atoms with Crippen LogP contribution in [0.5, 0.6) is 0 Å². The summed E-state index contributed by atoms with van der Waals surface area (Å²) >= 11 is 1.48. The lowest BCUT2D eigenvalue weighted by atomic mass is 10.1. The van der Waals surface area contributed by atoms with Crippen molar-refractivity contribution in [2.45, 2.75) is 29.1 Å². The fraction of sp³-hybridized carbons (Fsp3) is 0.316. The van der Waals surface area contributed by atoms with Gasteiger partial charge in [0.2, 0.25) is 10.0 Å². The number of sulfonamides is 1. The number of hydrogen-bond donors (Lipinski definition) is 0. The number of nitrogens with zero attached hydrogens (tertiary/aromatic N) is 1. The molecule has 0 unspecified atom stereocenters. The molecule has 0 aliphatic carbocycles. The van der Waals surface area contributed by atoms with Gasteiger partial charge in [-0.15, -0.1) is 11.8 Å². The van der Waals surface area contributed by atoms with Crippen LogP contribution in [0.3, 0.4) is 0 Å². The molecule has 0 bridgehead atoms. The highest BCUT2D eigenvalue weighted by Crippen LogP contribution is 2.22. The number of carbonyl (C=O) groups excluding carboxylic acids is 1. The van der Waals surface area contributed by atoms with Gasteiger partial charge in [-0.25, -0.2) is 8.42 Å². The van der Waals surface area contributed by atoms with Crippen LogP contribution < -0.4 is 0 Å². The molecule has 0 atom stereocenters. The van der Waals surface area contributed by atoms with Crippen LogP contribution in [0.4, 0.5) is 0 Å². The molecule has 1 saturated heterocycles. The molecule has 1 aliphatic heterocycles. The highest BCUT2D eigenvalue weighted by molar-refractivity contribution is 8.00. The van der Waals surface area contributed by atoms with Gasteiger partial charge < -0.3 is 0 Å². The van der Waals surface area contributed by atoms with Gasteiger partial charge in [0.25, 0.3) is 0 Å². The lowest BCUT2D eigenvalue weighted by Gasteiger charge is -2.25. The average molecular weight is 376 g/mol. The first-order chi connectivity index (χ1) is 12.1. The molecular formula is C19H21NO3S2. The third kappa shape index (κ3) is 4.51.